The lowest BCUT2D eigenvalue weighted by molar-refractivity contribution is 0.244. The summed E-state index contributed by atoms with van der Waals surface area (Å²) in [7, 11) is 0. The van der Waals surface area contributed by atoms with E-state index in [1.54, 1.807) is 0 Å². The normalized spacial score (nSPS) is 19.0. The number of nitrogens with one attached hydrogen (secondary N) is 1. The van der Waals surface area contributed by atoms with Crippen LogP contribution in [0.1, 0.15) is 24.0 Å². The van der Waals surface area contributed by atoms with Gasteiger partial charge in [-0.3, -0.25) is 4.90 Å². The lowest BCUT2D eigenvalue weighted by atomic mass is 10.0. The maximum absolute atomic E-state index is 3.41. The molecule has 1 aliphatic heterocycles. The molecule has 0 radical (unpaired) electrons. The number of hydrogen-bond acceptors (Lipinski definition) is 1. The van der Waals surface area contributed by atoms with E-state index in [0.717, 1.165) is 13.0 Å². The molecule has 1 aliphatic rings. The summed E-state index contributed by atoms with van der Waals surface area (Å²) in [6.07, 6.45) is 5.98. The molecule has 4 rings (SSSR count). The van der Waals surface area contributed by atoms with Gasteiger partial charge in [-0.25, -0.2) is 0 Å². The van der Waals surface area contributed by atoms with Crippen LogP contribution in [0.2, 0.25) is 0 Å². The maximum Gasteiger partial charge on any atom is 0.0456 e. The Morgan fingerprint density at radius 2 is 1.82 bits per heavy atom. The van der Waals surface area contributed by atoms with Gasteiger partial charge < -0.3 is 4.98 Å². The van der Waals surface area contributed by atoms with Crippen molar-refractivity contribution in [2.45, 2.75) is 31.8 Å². The van der Waals surface area contributed by atoms with Crippen molar-refractivity contribution in [1.29, 1.82) is 0 Å². The van der Waals surface area contributed by atoms with Gasteiger partial charge in [0.25, 0.3) is 0 Å². The van der Waals surface area contributed by atoms with E-state index >= 15 is 0 Å². The number of hydrogen-bond donors (Lipinski definition) is 1. The molecule has 0 bridgehead atoms. The number of rotatable bonds is 4. The van der Waals surface area contributed by atoms with Crippen molar-refractivity contribution < 1.29 is 0 Å². The fourth-order valence-corrected chi connectivity index (χ4v) is 3.71. The van der Waals surface area contributed by atoms with Crippen LogP contribution < -0.4 is 0 Å². The Balaban J connectivity index is 1.52. The Labute approximate surface area is 131 Å². The molecule has 22 heavy (non-hydrogen) atoms. The van der Waals surface area contributed by atoms with E-state index in [1.807, 2.05) is 0 Å². The number of H-pyrrole nitrogens is 1. The van der Waals surface area contributed by atoms with Gasteiger partial charge in [0, 0.05) is 29.7 Å². The van der Waals surface area contributed by atoms with Gasteiger partial charge in [-0.15, -0.1) is 0 Å². The number of benzene rings is 2. The first-order valence-corrected chi connectivity index (χ1v) is 8.23. The fraction of sp³-hybridized carbons (Fsp3) is 0.300. The molecular formula is C20H22N2. The van der Waals surface area contributed by atoms with Crippen LogP contribution in [0.4, 0.5) is 0 Å². The molecule has 0 aliphatic carbocycles. The predicted molar refractivity (Wildman–Crippen MR) is 91.9 cm³/mol. The average molecular weight is 290 g/mol. The van der Waals surface area contributed by atoms with E-state index in [0.29, 0.717) is 6.04 Å². The first-order valence-electron chi connectivity index (χ1n) is 8.23. The molecule has 0 unspecified atom stereocenters. The number of likely N-dealkylation sites (tertiary alicyclic amines) is 1. The summed E-state index contributed by atoms with van der Waals surface area (Å²) in [5.74, 6) is 0. The van der Waals surface area contributed by atoms with Gasteiger partial charge in [-0.2, -0.15) is 0 Å². The lowest BCUT2D eigenvalue weighted by Crippen LogP contribution is -2.30. The molecule has 1 fully saturated rings. The van der Waals surface area contributed by atoms with Gasteiger partial charge >= 0.3 is 0 Å². The number of fused-ring (bicyclic) bond motifs is 1. The molecule has 2 aromatic carbocycles. The van der Waals surface area contributed by atoms with Crippen molar-refractivity contribution in [2.24, 2.45) is 0 Å². The summed E-state index contributed by atoms with van der Waals surface area (Å²) in [4.78, 5) is 6.06. The molecule has 0 saturated carbocycles. The highest BCUT2D eigenvalue weighted by molar-refractivity contribution is 5.83. The second-order valence-corrected chi connectivity index (χ2v) is 6.32. The van der Waals surface area contributed by atoms with Crippen LogP contribution in [0.25, 0.3) is 10.9 Å². The zero-order chi connectivity index (χ0) is 14.8. The number of nitrogens with zero attached hydrogens (tertiary/aromatic N) is 1. The SMILES string of the molecule is c1ccc(CN2CCC[C@@H]2Cc2c[nH]c3ccccc23)cc1. The molecule has 2 heteroatoms. The number of aromatic amines is 1. The maximum atomic E-state index is 3.41. The molecule has 0 spiro atoms. The molecule has 3 aromatic rings. The monoisotopic (exact) mass is 290 g/mol. The fourth-order valence-electron chi connectivity index (χ4n) is 3.71. The van der Waals surface area contributed by atoms with Crippen LogP contribution in [-0.4, -0.2) is 22.5 Å². The molecule has 1 aromatic heterocycles. The van der Waals surface area contributed by atoms with Crippen LogP contribution in [0.5, 0.6) is 0 Å². The Morgan fingerprint density at radius 3 is 2.73 bits per heavy atom. The van der Waals surface area contributed by atoms with Crippen LogP contribution in [-0.2, 0) is 13.0 Å². The van der Waals surface area contributed by atoms with Crippen LogP contribution in [0, 0.1) is 0 Å². The lowest BCUT2D eigenvalue weighted by Gasteiger charge is -2.24. The molecule has 1 N–H and O–H groups in total. The molecular weight excluding hydrogens is 268 g/mol. The quantitative estimate of drug-likeness (QED) is 0.755. The zero-order valence-electron chi connectivity index (χ0n) is 12.8. The van der Waals surface area contributed by atoms with Gasteiger partial charge in [0.2, 0.25) is 0 Å². The van der Waals surface area contributed by atoms with E-state index in [2.05, 4.69) is 70.7 Å². The second-order valence-electron chi connectivity index (χ2n) is 6.32. The summed E-state index contributed by atoms with van der Waals surface area (Å²) < 4.78 is 0. The molecule has 1 atom stereocenters. The number of aromatic nitrogens is 1. The highest BCUT2D eigenvalue weighted by atomic mass is 15.2. The predicted octanol–water partition coefficient (Wildman–Crippen LogP) is 4.38. The van der Waals surface area contributed by atoms with Crippen LogP contribution in [0.3, 0.4) is 0 Å². The third-order valence-electron chi connectivity index (χ3n) is 4.86. The molecule has 0 amide bonds. The summed E-state index contributed by atoms with van der Waals surface area (Å²) in [6, 6.07) is 20.1. The van der Waals surface area contributed by atoms with Crippen molar-refractivity contribution in [3.8, 4) is 0 Å². The Bertz CT molecular complexity index is 745. The van der Waals surface area contributed by atoms with Gasteiger partial charge in [-0.1, -0.05) is 48.5 Å². The standard InChI is InChI=1S/C20H22N2/c1-2-7-16(8-3-1)15-22-12-6-9-18(22)13-17-14-21-20-11-5-4-10-19(17)20/h1-5,7-8,10-11,14,18,21H,6,9,12-13,15H2/t18-/m1/s1. The van der Waals surface area contributed by atoms with Gasteiger partial charge in [0.1, 0.15) is 0 Å². The molecule has 112 valence electrons. The molecule has 2 heterocycles. The third-order valence-corrected chi connectivity index (χ3v) is 4.86. The first kappa shape index (κ1) is 13.6. The van der Waals surface area contributed by atoms with E-state index in [1.165, 1.54) is 41.4 Å². The molecule has 1 saturated heterocycles. The zero-order valence-corrected chi connectivity index (χ0v) is 12.8. The van der Waals surface area contributed by atoms with E-state index in [4.69, 9.17) is 0 Å². The second kappa shape index (κ2) is 5.98. The largest absolute Gasteiger partial charge is 0.361 e. The van der Waals surface area contributed by atoms with E-state index in [-0.39, 0.29) is 0 Å². The minimum absolute atomic E-state index is 0.666. The highest BCUT2D eigenvalue weighted by Crippen LogP contribution is 2.26. The summed E-state index contributed by atoms with van der Waals surface area (Å²) in [5, 5.41) is 1.38. The average Bonchev–Trinajstić information content (AvgIpc) is 3.17. The highest BCUT2D eigenvalue weighted by Gasteiger charge is 2.25. The first-order chi connectivity index (χ1) is 10.9. The minimum atomic E-state index is 0.666. The van der Waals surface area contributed by atoms with E-state index < -0.39 is 0 Å². The van der Waals surface area contributed by atoms with Crippen molar-refractivity contribution in [1.82, 2.24) is 9.88 Å². The Morgan fingerprint density at radius 1 is 1.00 bits per heavy atom. The van der Waals surface area contributed by atoms with Crippen LogP contribution in [0.15, 0.2) is 60.8 Å². The van der Waals surface area contributed by atoms with Gasteiger partial charge in [0.05, 0.1) is 0 Å². The number of para-hydroxylation sites is 1. The topological polar surface area (TPSA) is 19.0 Å². The van der Waals surface area contributed by atoms with Crippen molar-refractivity contribution in [3.63, 3.8) is 0 Å². The van der Waals surface area contributed by atoms with Crippen molar-refractivity contribution in [2.75, 3.05) is 6.54 Å². The summed E-state index contributed by atoms with van der Waals surface area (Å²) in [5.41, 5.74) is 4.14. The third kappa shape index (κ3) is 2.67. The van der Waals surface area contributed by atoms with Gasteiger partial charge in [0.15, 0.2) is 0 Å². The Kier molecular flexibility index (Phi) is 3.69. The van der Waals surface area contributed by atoms with Gasteiger partial charge in [-0.05, 0) is 43.0 Å². The summed E-state index contributed by atoms with van der Waals surface area (Å²) in [6.45, 7) is 2.30. The minimum Gasteiger partial charge on any atom is -0.361 e. The van der Waals surface area contributed by atoms with Crippen LogP contribution >= 0.6 is 0 Å². The van der Waals surface area contributed by atoms with Crippen molar-refractivity contribution >= 4 is 10.9 Å². The smallest absolute Gasteiger partial charge is 0.0456 e. The summed E-state index contributed by atoms with van der Waals surface area (Å²) >= 11 is 0. The molecule has 2 nitrogen and oxygen atoms in total. The van der Waals surface area contributed by atoms with Crippen molar-refractivity contribution in [3.05, 3.63) is 71.9 Å². The van der Waals surface area contributed by atoms with E-state index in [9.17, 15) is 0 Å². The Hall–Kier alpha value is -2.06.